The molecule has 1 aliphatic carbocycles. The van der Waals surface area contributed by atoms with Crippen LogP contribution in [0.5, 0.6) is 5.75 Å². The smallest absolute Gasteiger partial charge is 0.127 e. The average molecular weight is 471 g/mol. The molecule has 0 aliphatic heterocycles. The van der Waals surface area contributed by atoms with Crippen LogP contribution in [0.15, 0.2) is 60.8 Å². The van der Waals surface area contributed by atoms with Gasteiger partial charge in [0, 0.05) is 43.0 Å². The quantitative estimate of drug-likeness (QED) is 0.290. The monoisotopic (exact) mass is 470 g/mol. The lowest BCUT2D eigenvalue weighted by atomic mass is 9.88. The summed E-state index contributed by atoms with van der Waals surface area (Å²) in [6.07, 6.45) is 12.0. The molecular weight excluding hydrogens is 428 g/mol. The molecule has 0 N–H and O–H groups in total. The zero-order valence-corrected chi connectivity index (χ0v) is 21.9. The van der Waals surface area contributed by atoms with Crippen LogP contribution in [-0.4, -0.2) is 30.1 Å². The Kier molecular flexibility index (Phi) is 9.36. The fraction of sp³-hybridized carbons (Fsp3) is 0.469. The number of rotatable bonds is 11. The third-order valence-electron chi connectivity index (χ3n) is 7.61. The van der Waals surface area contributed by atoms with E-state index in [-0.39, 0.29) is 0 Å². The lowest BCUT2D eigenvalue weighted by Gasteiger charge is -2.30. The molecule has 1 fully saturated rings. The van der Waals surface area contributed by atoms with Crippen LogP contribution in [-0.2, 0) is 25.8 Å². The zero-order chi connectivity index (χ0) is 24.5. The number of benzene rings is 2. The van der Waals surface area contributed by atoms with E-state index < -0.39 is 0 Å². The number of aromatic nitrogens is 1. The Balaban J connectivity index is 1.57. The Labute approximate surface area is 212 Å². The van der Waals surface area contributed by atoms with Crippen molar-refractivity contribution in [3.8, 4) is 17.0 Å². The maximum absolute atomic E-state index is 5.94. The number of aryl methyl sites for hydroxylation is 2. The topological polar surface area (TPSA) is 25.4 Å². The van der Waals surface area contributed by atoms with E-state index in [2.05, 4.69) is 79.5 Å². The van der Waals surface area contributed by atoms with Gasteiger partial charge in [-0.3, -0.25) is 9.88 Å². The average Bonchev–Trinajstić information content (AvgIpc) is 2.92. The lowest BCUT2D eigenvalue weighted by Crippen LogP contribution is -2.32. The first-order chi connectivity index (χ1) is 17.2. The summed E-state index contributed by atoms with van der Waals surface area (Å²) in [5.74, 6) is 1.76. The Bertz CT molecular complexity index is 1030. The molecule has 0 spiro atoms. The van der Waals surface area contributed by atoms with Crippen molar-refractivity contribution < 1.29 is 4.74 Å². The highest BCUT2D eigenvalue weighted by molar-refractivity contribution is 5.69. The number of methoxy groups -OCH3 is 1. The van der Waals surface area contributed by atoms with Gasteiger partial charge >= 0.3 is 0 Å². The van der Waals surface area contributed by atoms with Crippen molar-refractivity contribution in [2.45, 2.75) is 71.8 Å². The summed E-state index contributed by atoms with van der Waals surface area (Å²) in [5.41, 5.74) is 7.62. The summed E-state index contributed by atoms with van der Waals surface area (Å²) in [6, 6.07) is 19.7. The predicted molar refractivity (Wildman–Crippen MR) is 147 cm³/mol. The van der Waals surface area contributed by atoms with Crippen LogP contribution in [0.2, 0.25) is 0 Å². The van der Waals surface area contributed by atoms with Crippen molar-refractivity contribution in [1.29, 1.82) is 0 Å². The molecule has 1 heterocycles. The van der Waals surface area contributed by atoms with Crippen LogP contribution in [0, 0.1) is 5.92 Å². The highest BCUT2D eigenvalue weighted by Gasteiger charge is 2.20. The van der Waals surface area contributed by atoms with Gasteiger partial charge in [0.1, 0.15) is 5.75 Å². The summed E-state index contributed by atoms with van der Waals surface area (Å²) in [5, 5.41) is 0. The normalized spacial score (nSPS) is 14.4. The van der Waals surface area contributed by atoms with Gasteiger partial charge < -0.3 is 4.74 Å². The third-order valence-corrected chi connectivity index (χ3v) is 7.61. The van der Waals surface area contributed by atoms with E-state index in [1.54, 1.807) is 7.11 Å². The highest BCUT2D eigenvalue weighted by atomic mass is 16.5. The summed E-state index contributed by atoms with van der Waals surface area (Å²) >= 11 is 0. The Morgan fingerprint density at radius 1 is 0.886 bits per heavy atom. The van der Waals surface area contributed by atoms with Gasteiger partial charge in [-0.25, -0.2) is 0 Å². The van der Waals surface area contributed by atoms with E-state index in [9.17, 15) is 0 Å². The molecule has 1 aliphatic rings. The molecule has 0 saturated heterocycles. The first kappa shape index (κ1) is 25.4. The van der Waals surface area contributed by atoms with Gasteiger partial charge in [0.25, 0.3) is 0 Å². The first-order valence-corrected chi connectivity index (χ1v) is 13.6. The van der Waals surface area contributed by atoms with Crippen molar-refractivity contribution in [1.82, 2.24) is 9.88 Å². The van der Waals surface area contributed by atoms with Gasteiger partial charge in [0.2, 0.25) is 0 Å². The summed E-state index contributed by atoms with van der Waals surface area (Å²) in [4.78, 5) is 7.62. The first-order valence-electron chi connectivity index (χ1n) is 13.6. The molecule has 0 atom stereocenters. The van der Waals surface area contributed by atoms with E-state index in [0.29, 0.717) is 0 Å². The van der Waals surface area contributed by atoms with Gasteiger partial charge in [-0.1, -0.05) is 81.6 Å². The maximum Gasteiger partial charge on any atom is 0.127 e. The minimum atomic E-state index is 0.807. The Morgan fingerprint density at radius 2 is 1.60 bits per heavy atom. The van der Waals surface area contributed by atoms with E-state index in [1.165, 1.54) is 59.9 Å². The minimum Gasteiger partial charge on any atom is -0.496 e. The highest BCUT2D eigenvalue weighted by Crippen LogP contribution is 2.32. The van der Waals surface area contributed by atoms with Crippen LogP contribution in [0.1, 0.15) is 68.2 Å². The number of hydrogen-bond acceptors (Lipinski definition) is 3. The molecule has 0 radical (unpaired) electrons. The van der Waals surface area contributed by atoms with E-state index in [1.807, 2.05) is 0 Å². The van der Waals surface area contributed by atoms with Crippen molar-refractivity contribution in [2.75, 3.05) is 20.2 Å². The largest absolute Gasteiger partial charge is 0.496 e. The summed E-state index contributed by atoms with van der Waals surface area (Å²) in [7, 11) is 1.80. The third kappa shape index (κ3) is 6.73. The fourth-order valence-corrected chi connectivity index (χ4v) is 5.62. The van der Waals surface area contributed by atoms with Crippen LogP contribution >= 0.6 is 0 Å². The van der Waals surface area contributed by atoms with Gasteiger partial charge in [0.05, 0.1) is 12.8 Å². The number of nitrogens with zero attached hydrogens (tertiary/aromatic N) is 2. The Hall–Kier alpha value is -2.65. The lowest BCUT2D eigenvalue weighted by molar-refractivity contribution is 0.193. The summed E-state index contributed by atoms with van der Waals surface area (Å²) in [6.45, 7) is 7.55. The molecule has 1 aromatic heterocycles. The summed E-state index contributed by atoms with van der Waals surface area (Å²) < 4.78 is 5.94. The van der Waals surface area contributed by atoms with E-state index in [4.69, 9.17) is 9.72 Å². The molecule has 186 valence electrons. The second kappa shape index (κ2) is 12.9. The molecule has 35 heavy (non-hydrogen) atoms. The molecular formula is C32H42N2O. The standard InChI is InChI=1S/C32H42N2O/c1-4-27-17-12-18-28(5-2)32(27)30-21-31(35-3)29(22-33-30)24-34(23-26-15-10-7-11-16-26)20-19-25-13-8-6-9-14-25/h6,8-9,12-14,17-18,21-22,26H,4-5,7,10-11,15-16,19-20,23-24H2,1-3H3. The molecule has 4 rings (SSSR count). The molecule has 0 bridgehead atoms. The molecule has 0 amide bonds. The molecule has 3 nitrogen and oxygen atoms in total. The minimum absolute atomic E-state index is 0.807. The fourth-order valence-electron chi connectivity index (χ4n) is 5.62. The predicted octanol–water partition coefficient (Wildman–Crippen LogP) is 7.51. The zero-order valence-electron chi connectivity index (χ0n) is 21.9. The molecule has 2 aromatic carbocycles. The molecule has 0 unspecified atom stereocenters. The van der Waals surface area contributed by atoms with Crippen LogP contribution in [0.3, 0.4) is 0 Å². The second-order valence-electron chi connectivity index (χ2n) is 10.0. The van der Waals surface area contributed by atoms with Crippen molar-refractivity contribution in [2.24, 2.45) is 5.92 Å². The van der Waals surface area contributed by atoms with Crippen molar-refractivity contribution in [3.05, 3.63) is 83.0 Å². The molecule has 3 aromatic rings. The SMILES string of the molecule is CCc1cccc(CC)c1-c1cc(OC)c(CN(CCc2ccccc2)CC2CCCCC2)cn1. The number of hydrogen-bond donors (Lipinski definition) is 0. The van der Waals surface area contributed by atoms with E-state index >= 15 is 0 Å². The van der Waals surface area contributed by atoms with Gasteiger partial charge in [-0.2, -0.15) is 0 Å². The van der Waals surface area contributed by atoms with Gasteiger partial charge in [0.15, 0.2) is 0 Å². The van der Waals surface area contributed by atoms with Gasteiger partial charge in [-0.15, -0.1) is 0 Å². The van der Waals surface area contributed by atoms with Crippen molar-refractivity contribution in [3.63, 3.8) is 0 Å². The van der Waals surface area contributed by atoms with Crippen LogP contribution in [0.25, 0.3) is 11.3 Å². The Morgan fingerprint density at radius 3 is 2.26 bits per heavy atom. The van der Waals surface area contributed by atoms with Gasteiger partial charge in [-0.05, 0) is 54.7 Å². The number of ether oxygens (including phenoxy) is 1. The number of pyridine rings is 1. The van der Waals surface area contributed by atoms with Crippen LogP contribution < -0.4 is 4.74 Å². The second-order valence-corrected chi connectivity index (χ2v) is 10.0. The maximum atomic E-state index is 5.94. The van der Waals surface area contributed by atoms with Crippen molar-refractivity contribution >= 4 is 0 Å². The molecule has 3 heteroatoms. The van der Waals surface area contributed by atoms with Crippen LogP contribution in [0.4, 0.5) is 0 Å². The molecule has 1 saturated carbocycles. The van der Waals surface area contributed by atoms with E-state index in [0.717, 1.165) is 56.3 Å².